The van der Waals surface area contributed by atoms with Crippen LogP contribution in [0.5, 0.6) is 0 Å². The van der Waals surface area contributed by atoms with Crippen molar-refractivity contribution in [3.8, 4) is 17.2 Å². The summed E-state index contributed by atoms with van der Waals surface area (Å²) in [7, 11) is 0. The third-order valence-electron chi connectivity index (χ3n) is 5.97. The predicted molar refractivity (Wildman–Crippen MR) is 139 cm³/mol. The lowest BCUT2D eigenvalue weighted by molar-refractivity contribution is 0.359. The van der Waals surface area contributed by atoms with Gasteiger partial charge in [-0.1, -0.05) is 45.0 Å². The standard InChI is InChI=1S/C27H26N6O2/c1-16(27(2,3)4)30-22-23(25(35)24(22)34)32-21-13-14-29-26(33-21)31-20-11-9-19(10-12-20)18-7-5-17(15-28)6-8-18/h5-14,16,30H,1-4H3,(H2,29,31,32,33). The van der Waals surface area contributed by atoms with E-state index in [4.69, 9.17) is 5.26 Å². The Labute approximate surface area is 203 Å². The molecule has 8 nitrogen and oxygen atoms in total. The zero-order chi connectivity index (χ0) is 25.2. The molecule has 3 N–H and O–H groups in total. The van der Waals surface area contributed by atoms with Gasteiger partial charge in [-0.25, -0.2) is 4.98 Å². The molecule has 1 heterocycles. The number of nitrogens with one attached hydrogen (secondary N) is 3. The van der Waals surface area contributed by atoms with Crippen LogP contribution in [-0.2, 0) is 0 Å². The molecule has 4 aromatic rings. The number of benzene rings is 2. The zero-order valence-electron chi connectivity index (χ0n) is 20.0. The maximum absolute atomic E-state index is 12.2. The van der Waals surface area contributed by atoms with E-state index in [2.05, 4.69) is 52.8 Å². The lowest BCUT2D eigenvalue weighted by Crippen LogP contribution is -2.41. The van der Waals surface area contributed by atoms with Crippen LogP contribution in [0.15, 0.2) is 70.4 Å². The minimum Gasteiger partial charge on any atom is -0.377 e. The van der Waals surface area contributed by atoms with Gasteiger partial charge in [0.05, 0.1) is 11.6 Å². The highest BCUT2D eigenvalue weighted by molar-refractivity contribution is 5.78. The van der Waals surface area contributed by atoms with Gasteiger partial charge in [0.25, 0.3) is 10.9 Å². The SMILES string of the molecule is CC(Nc1c(Nc2ccnc(Nc3ccc(-c4ccc(C#N)cc4)cc3)n2)c(=O)c1=O)C(C)(C)C. The average molecular weight is 467 g/mol. The summed E-state index contributed by atoms with van der Waals surface area (Å²) in [6.45, 7) is 8.15. The fraction of sp³-hybridized carbons (Fsp3) is 0.222. The smallest absolute Gasteiger partial charge is 0.253 e. The molecule has 8 heteroatoms. The third-order valence-corrected chi connectivity index (χ3v) is 5.97. The first-order valence-corrected chi connectivity index (χ1v) is 11.2. The first-order valence-electron chi connectivity index (χ1n) is 11.2. The number of hydrogen-bond acceptors (Lipinski definition) is 8. The van der Waals surface area contributed by atoms with Crippen molar-refractivity contribution in [2.45, 2.75) is 33.7 Å². The molecule has 0 amide bonds. The second-order valence-electron chi connectivity index (χ2n) is 9.42. The van der Waals surface area contributed by atoms with Crippen molar-refractivity contribution in [1.82, 2.24) is 9.97 Å². The fourth-order valence-corrected chi connectivity index (χ4v) is 3.31. The molecule has 3 aromatic carbocycles. The maximum Gasteiger partial charge on any atom is 0.253 e. The van der Waals surface area contributed by atoms with Crippen LogP contribution in [0.4, 0.5) is 28.8 Å². The van der Waals surface area contributed by atoms with Gasteiger partial charge in [-0.3, -0.25) is 9.59 Å². The van der Waals surface area contributed by atoms with Crippen LogP contribution in [0, 0.1) is 16.7 Å². The molecule has 4 rings (SSSR count). The highest BCUT2D eigenvalue weighted by Crippen LogP contribution is 2.27. The molecule has 0 aliphatic carbocycles. The van der Waals surface area contributed by atoms with Gasteiger partial charge in [-0.05, 0) is 53.8 Å². The van der Waals surface area contributed by atoms with E-state index in [-0.39, 0.29) is 22.8 Å². The Bertz CT molecular complexity index is 1450. The van der Waals surface area contributed by atoms with Gasteiger partial charge in [0.15, 0.2) is 0 Å². The Morgan fingerprint density at radius 3 is 2.06 bits per heavy atom. The number of anilines is 5. The van der Waals surface area contributed by atoms with Crippen LogP contribution in [0.25, 0.3) is 11.1 Å². The molecule has 0 aliphatic rings. The topological polar surface area (TPSA) is 120 Å². The molecular formula is C27H26N6O2. The van der Waals surface area contributed by atoms with Gasteiger partial charge in [0.2, 0.25) is 5.95 Å². The van der Waals surface area contributed by atoms with E-state index in [1.807, 2.05) is 43.3 Å². The van der Waals surface area contributed by atoms with E-state index in [9.17, 15) is 9.59 Å². The number of hydrogen-bond donors (Lipinski definition) is 3. The zero-order valence-corrected chi connectivity index (χ0v) is 20.0. The summed E-state index contributed by atoms with van der Waals surface area (Å²) in [6, 6.07) is 18.9. The van der Waals surface area contributed by atoms with Crippen molar-refractivity contribution < 1.29 is 0 Å². The molecule has 0 spiro atoms. The van der Waals surface area contributed by atoms with Crippen LogP contribution in [0.1, 0.15) is 33.3 Å². The first-order chi connectivity index (χ1) is 16.7. The Morgan fingerprint density at radius 1 is 0.857 bits per heavy atom. The summed E-state index contributed by atoms with van der Waals surface area (Å²) in [5, 5.41) is 18.2. The third kappa shape index (κ3) is 5.20. The van der Waals surface area contributed by atoms with E-state index in [0.29, 0.717) is 17.3 Å². The molecule has 1 aromatic heterocycles. The van der Waals surface area contributed by atoms with Crippen molar-refractivity contribution in [3.63, 3.8) is 0 Å². The fourth-order valence-electron chi connectivity index (χ4n) is 3.31. The average Bonchev–Trinajstić information content (AvgIpc) is 2.86. The van der Waals surface area contributed by atoms with Gasteiger partial charge in [-0.2, -0.15) is 10.2 Å². The van der Waals surface area contributed by atoms with Crippen LogP contribution in [0.3, 0.4) is 0 Å². The quantitative estimate of drug-likeness (QED) is 0.328. The van der Waals surface area contributed by atoms with Crippen LogP contribution >= 0.6 is 0 Å². The Morgan fingerprint density at radius 2 is 1.46 bits per heavy atom. The lowest BCUT2D eigenvalue weighted by Gasteiger charge is -2.30. The monoisotopic (exact) mass is 466 g/mol. The molecule has 0 fully saturated rings. The highest BCUT2D eigenvalue weighted by Gasteiger charge is 2.27. The molecule has 0 radical (unpaired) electrons. The summed E-state index contributed by atoms with van der Waals surface area (Å²) >= 11 is 0. The molecule has 176 valence electrons. The Hall–Kier alpha value is -4.51. The molecule has 0 bridgehead atoms. The molecule has 35 heavy (non-hydrogen) atoms. The van der Waals surface area contributed by atoms with E-state index in [1.54, 1.807) is 24.4 Å². The predicted octanol–water partition coefficient (Wildman–Crippen LogP) is 4.94. The van der Waals surface area contributed by atoms with E-state index in [1.165, 1.54) is 0 Å². The van der Waals surface area contributed by atoms with Crippen molar-refractivity contribution in [3.05, 3.63) is 86.8 Å². The normalized spacial score (nSPS) is 12.1. The van der Waals surface area contributed by atoms with Gasteiger partial charge < -0.3 is 16.0 Å². The minimum absolute atomic E-state index is 0.0127. The molecule has 0 aliphatic heterocycles. The molecule has 0 saturated carbocycles. The number of rotatable bonds is 7. The van der Waals surface area contributed by atoms with Crippen LogP contribution in [-0.4, -0.2) is 16.0 Å². The Balaban J connectivity index is 1.47. The lowest BCUT2D eigenvalue weighted by atomic mass is 9.87. The number of nitriles is 1. The van der Waals surface area contributed by atoms with Gasteiger partial charge in [0, 0.05) is 17.9 Å². The van der Waals surface area contributed by atoms with Crippen molar-refractivity contribution in [1.29, 1.82) is 5.26 Å². The van der Waals surface area contributed by atoms with Crippen molar-refractivity contribution in [2.24, 2.45) is 5.41 Å². The number of aromatic nitrogens is 2. The second-order valence-corrected chi connectivity index (χ2v) is 9.42. The van der Waals surface area contributed by atoms with Crippen LogP contribution < -0.4 is 26.8 Å². The first kappa shape index (κ1) is 23.6. The maximum atomic E-state index is 12.2. The summed E-state index contributed by atoms with van der Waals surface area (Å²) in [4.78, 5) is 33.0. The van der Waals surface area contributed by atoms with Crippen LogP contribution in [0.2, 0.25) is 0 Å². The van der Waals surface area contributed by atoms with Gasteiger partial charge >= 0.3 is 0 Å². The molecule has 1 unspecified atom stereocenters. The molecule has 1 atom stereocenters. The van der Waals surface area contributed by atoms with E-state index in [0.717, 1.165) is 16.8 Å². The largest absolute Gasteiger partial charge is 0.377 e. The van der Waals surface area contributed by atoms with Crippen molar-refractivity contribution in [2.75, 3.05) is 16.0 Å². The van der Waals surface area contributed by atoms with Gasteiger partial charge in [-0.15, -0.1) is 0 Å². The summed E-state index contributed by atoms with van der Waals surface area (Å²) < 4.78 is 0. The van der Waals surface area contributed by atoms with Crippen molar-refractivity contribution >= 4 is 28.8 Å². The van der Waals surface area contributed by atoms with Gasteiger partial charge in [0.1, 0.15) is 17.2 Å². The second kappa shape index (κ2) is 9.39. The summed E-state index contributed by atoms with van der Waals surface area (Å²) in [6.07, 6.45) is 1.57. The minimum atomic E-state index is -0.569. The Kier molecular flexibility index (Phi) is 6.34. The summed E-state index contributed by atoms with van der Waals surface area (Å²) in [5.74, 6) is 0.743. The van der Waals surface area contributed by atoms with E-state index < -0.39 is 10.9 Å². The molecular weight excluding hydrogens is 440 g/mol. The molecule has 0 saturated heterocycles. The highest BCUT2D eigenvalue weighted by atomic mass is 16.2. The number of nitrogens with zero attached hydrogens (tertiary/aromatic N) is 3. The summed E-state index contributed by atoms with van der Waals surface area (Å²) in [5.41, 5.74) is 2.74. The van der Waals surface area contributed by atoms with E-state index >= 15 is 0 Å².